The first kappa shape index (κ1) is 11.5. The van der Waals surface area contributed by atoms with Crippen molar-refractivity contribution in [3.63, 3.8) is 0 Å². The van der Waals surface area contributed by atoms with Crippen molar-refractivity contribution < 1.29 is 9.90 Å². The van der Waals surface area contributed by atoms with Gasteiger partial charge in [0.1, 0.15) is 0 Å². The summed E-state index contributed by atoms with van der Waals surface area (Å²) < 4.78 is 0. The van der Waals surface area contributed by atoms with Crippen LogP contribution in [0.15, 0.2) is 0 Å². The zero-order chi connectivity index (χ0) is 10.7. The second-order valence-electron chi connectivity index (χ2n) is 4.28. The van der Waals surface area contributed by atoms with Crippen LogP contribution in [0.4, 0.5) is 0 Å². The lowest BCUT2D eigenvalue weighted by Crippen LogP contribution is -2.40. The van der Waals surface area contributed by atoms with E-state index in [2.05, 4.69) is 0 Å². The SMILES string of the molecule is CC(C)N(C)C(=O)CN1CCC(O)C1. The Kier molecular flexibility index (Phi) is 3.89. The molecule has 1 N–H and O–H groups in total. The fourth-order valence-electron chi connectivity index (χ4n) is 1.55. The van der Waals surface area contributed by atoms with Gasteiger partial charge in [-0.25, -0.2) is 0 Å². The molecule has 1 fully saturated rings. The van der Waals surface area contributed by atoms with Crippen LogP contribution >= 0.6 is 0 Å². The molecule has 1 rings (SSSR count). The van der Waals surface area contributed by atoms with Crippen molar-refractivity contribution in [3.8, 4) is 0 Å². The van der Waals surface area contributed by atoms with E-state index in [0.29, 0.717) is 13.1 Å². The molecule has 14 heavy (non-hydrogen) atoms. The summed E-state index contributed by atoms with van der Waals surface area (Å²) in [6, 6.07) is 0.245. The Balaban J connectivity index is 2.33. The Morgan fingerprint density at radius 1 is 1.64 bits per heavy atom. The van der Waals surface area contributed by atoms with Crippen LogP contribution < -0.4 is 0 Å². The first-order valence-corrected chi connectivity index (χ1v) is 5.16. The Hall–Kier alpha value is -0.610. The number of nitrogens with zero attached hydrogens (tertiary/aromatic N) is 2. The lowest BCUT2D eigenvalue weighted by Gasteiger charge is -2.24. The van der Waals surface area contributed by atoms with E-state index in [1.165, 1.54) is 0 Å². The van der Waals surface area contributed by atoms with Gasteiger partial charge in [0.25, 0.3) is 0 Å². The molecule has 4 nitrogen and oxygen atoms in total. The molecule has 1 aliphatic rings. The van der Waals surface area contributed by atoms with E-state index in [-0.39, 0.29) is 18.1 Å². The van der Waals surface area contributed by atoms with Gasteiger partial charge in [0.2, 0.25) is 5.91 Å². The molecule has 0 aliphatic carbocycles. The summed E-state index contributed by atoms with van der Waals surface area (Å²) >= 11 is 0. The van der Waals surface area contributed by atoms with Gasteiger partial charge in [0, 0.05) is 26.2 Å². The number of hydrogen-bond acceptors (Lipinski definition) is 3. The summed E-state index contributed by atoms with van der Waals surface area (Å²) in [5.74, 6) is 0.133. The highest BCUT2D eigenvalue weighted by Gasteiger charge is 2.23. The van der Waals surface area contributed by atoms with Crippen LogP contribution in [0.5, 0.6) is 0 Å². The van der Waals surface area contributed by atoms with Gasteiger partial charge in [-0.2, -0.15) is 0 Å². The van der Waals surface area contributed by atoms with E-state index in [9.17, 15) is 9.90 Å². The van der Waals surface area contributed by atoms with E-state index < -0.39 is 0 Å². The molecule has 1 aliphatic heterocycles. The Bertz CT molecular complexity index is 206. The molecule has 82 valence electrons. The molecule has 0 saturated carbocycles. The van der Waals surface area contributed by atoms with E-state index >= 15 is 0 Å². The summed E-state index contributed by atoms with van der Waals surface area (Å²) in [5.41, 5.74) is 0. The molecule has 1 heterocycles. The zero-order valence-electron chi connectivity index (χ0n) is 9.23. The molecule has 0 spiro atoms. The molecule has 0 aromatic heterocycles. The van der Waals surface area contributed by atoms with Crippen molar-refractivity contribution in [1.29, 1.82) is 0 Å². The van der Waals surface area contributed by atoms with Gasteiger partial charge in [0.15, 0.2) is 0 Å². The van der Waals surface area contributed by atoms with Crippen LogP contribution in [0, 0.1) is 0 Å². The van der Waals surface area contributed by atoms with E-state index in [4.69, 9.17) is 0 Å². The van der Waals surface area contributed by atoms with Crippen molar-refractivity contribution in [2.75, 3.05) is 26.7 Å². The van der Waals surface area contributed by atoms with Gasteiger partial charge in [-0.1, -0.05) is 0 Å². The predicted octanol–water partition coefficient (Wildman–Crippen LogP) is -0.0802. The third-order valence-electron chi connectivity index (χ3n) is 2.77. The Morgan fingerprint density at radius 3 is 2.71 bits per heavy atom. The minimum atomic E-state index is -0.243. The van der Waals surface area contributed by atoms with E-state index in [1.807, 2.05) is 25.8 Å². The minimum Gasteiger partial charge on any atom is -0.392 e. The predicted molar refractivity (Wildman–Crippen MR) is 55.0 cm³/mol. The lowest BCUT2D eigenvalue weighted by molar-refractivity contribution is -0.132. The number of carbonyl (C=O) groups excluding carboxylic acids is 1. The fourth-order valence-corrected chi connectivity index (χ4v) is 1.55. The molecule has 0 aromatic carbocycles. The number of aliphatic hydroxyl groups is 1. The highest BCUT2D eigenvalue weighted by Crippen LogP contribution is 2.08. The zero-order valence-corrected chi connectivity index (χ0v) is 9.23. The Morgan fingerprint density at radius 2 is 2.29 bits per heavy atom. The van der Waals surface area contributed by atoms with Crippen LogP contribution in [0.2, 0.25) is 0 Å². The first-order valence-electron chi connectivity index (χ1n) is 5.16. The number of β-amino-alcohol motifs (C(OH)–C–C–N with tert-alkyl or cyclic N) is 1. The molecular formula is C10H20N2O2. The van der Waals surface area contributed by atoms with Crippen LogP contribution in [0.3, 0.4) is 0 Å². The fraction of sp³-hybridized carbons (Fsp3) is 0.900. The standard InChI is InChI=1S/C10H20N2O2/c1-8(2)11(3)10(14)7-12-5-4-9(13)6-12/h8-9,13H,4-7H2,1-3H3. The second-order valence-corrected chi connectivity index (χ2v) is 4.28. The summed E-state index contributed by atoms with van der Waals surface area (Å²) in [6.45, 7) is 5.90. The molecule has 1 saturated heterocycles. The third-order valence-corrected chi connectivity index (χ3v) is 2.77. The van der Waals surface area contributed by atoms with Gasteiger partial charge in [-0.05, 0) is 20.3 Å². The molecular weight excluding hydrogens is 180 g/mol. The first-order chi connectivity index (χ1) is 6.50. The third kappa shape index (κ3) is 2.96. The average molecular weight is 200 g/mol. The number of amides is 1. The smallest absolute Gasteiger partial charge is 0.236 e. The van der Waals surface area contributed by atoms with Crippen molar-refractivity contribution in [2.45, 2.75) is 32.4 Å². The second kappa shape index (κ2) is 4.75. The lowest BCUT2D eigenvalue weighted by atomic mass is 10.3. The maximum absolute atomic E-state index is 11.6. The molecule has 0 radical (unpaired) electrons. The number of rotatable bonds is 3. The highest BCUT2D eigenvalue weighted by atomic mass is 16.3. The van der Waals surface area contributed by atoms with Gasteiger partial charge in [-0.3, -0.25) is 9.69 Å². The van der Waals surface area contributed by atoms with Crippen molar-refractivity contribution in [1.82, 2.24) is 9.80 Å². The maximum Gasteiger partial charge on any atom is 0.236 e. The normalized spacial score (nSPS) is 23.1. The number of hydrogen-bond donors (Lipinski definition) is 1. The monoisotopic (exact) mass is 200 g/mol. The molecule has 1 amide bonds. The summed E-state index contributed by atoms with van der Waals surface area (Å²) in [6.07, 6.45) is 0.547. The Labute approximate surface area is 85.5 Å². The molecule has 0 bridgehead atoms. The topological polar surface area (TPSA) is 43.8 Å². The van der Waals surface area contributed by atoms with Crippen molar-refractivity contribution >= 4 is 5.91 Å². The molecule has 1 atom stereocenters. The van der Waals surface area contributed by atoms with E-state index in [1.54, 1.807) is 4.90 Å². The van der Waals surface area contributed by atoms with Gasteiger partial charge >= 0.3 is 0 Å². The van der Waals surface area contributed by atoms with Crippen LogP contribution in [-0.4, -0.2) is 59.6 Å². The van der Waals surface area contributed by atoms with Crippen LogP contribution in [0.25, 0.3) is 0 Å². The minimum absolute atomic E-state index is 0.133. The quantitative estimate of drug-likeness (QED) is 0.693. The average Bonchev–Trinajstić information content (AvgIpc) is 2.49. The number of likely N-dealkylation sites (tertiary alicyclic amines) is 1. The summed E-state index contributed by atoms with van der Waals surface area (Å²) in [4.78, 5) is 15.4. The van der Waals surface area contributed by atoms with Crippen LogP contribution in [0.1, 0.15) is 20.3 Å². The molecule has 4 heteroatoms. The van der Waals surface area contributed by atoms with E-state index in [0.717, 1.165) is 13.0 Å². The van der Waals surface area contributed by atoms with Crippen molar-refractivity contribution in [2.24, 2.45) is 0 Å². The molecule has 0 aromatic rings. The van der Waals surface area contributed by atoms with Gasteiger partial charge < -0.3 is 10.0 Å². The van der Waals surface area contributed by atoms with Crippen molar-refractivity contribution in [3.05, 3.63) is 0 Å². The van der Waals surface area contributed by atoms with Gasteiger partial charge in [-0.15, -0.1) is 0 Å². The maximum atomic E-state index is 11.6. The number of likely N-dealkylation sites (N-methyl/N-ethyl adjacent to an activating group) is 1. The highest BCUT2D eigenvalue weighted by molar-refractivity contribution is 5.78. The number of carbonyl (C=O) groups is 1. The van der Waals surface area contributed by atoms with Crippen LogP contribution in [-0.2, 0) is 4.79 Å². The molecule has 1 unspecified atom stereocenters. The number of aliphatic hydroxyl groups excluding tert-OH is 1. The largest absolute Gasteiger partial charge is 0.392 e. The summed E-state index contributed by atoms with van der Waals surface area (Å²) in [7, 11) is 1.82. The summed E-state index contributed by atoms with van der Waals surface area (Å²) in [5, 5.41) is 9.29. The van der Waals surface area contributed by atoms with Gasteiger partial charge in [0.05, 0.1) is 12.6 Å².